The van der Waals surface area contributed by atoms with Gasteiger partial charge in [0.05, 0.1) is 23.9 Å². The first kappa shape index (κ1) is 16.9. The van der Waals surface area contributed by atoms with Crippen molar-refractivity contribution in [2.45, 2.75) is 58.3 Å². The molecular weight excluding hydrogens is 310 g/mol. The van der Waals surface area contributed by atoms with E-state index in [1.165, 1.54) is 4.88 Å². The van der Waals surface area contributed by atoms with Gasteiger partial charge >= 0.3 is 0 Å². The Morgan fingerprint density at radius 1 is 1.48 bits per heavy atom. The average Bonchev–Trinajstić information content (AvgIpc) is 3.28. The van der Waals surface area contributed by atoms with E-state index < -0.39 is 0 Å². The molecule has 23 heavy (non-hydrogen) atoms. The second-order valence-corrected chi connectivity index (χ2v) is 7.61. The van der Waals surface area contributed by atoms with Crippen LogP contribution in [0.1, 0.15) is 43.2 Å². The van der Waals surface area contributed by atoms with E-state index >= 15 is 0 Å². The molecule has 1 N–H and O–H groups in total. The van der Waals surface area contributed by atoms with Crippen molar-refractivity contribution >= 4 is 17.2 Å². The maximum Gasteiger partial charge on any atom is 0.252 e. The van der Waals surface area contributed by atoms with Crippen LogP contribution in [0.5, 0.6) is 0 Å². The molecule has 128 valence electrons. The lowest BCUT2D eigenvalue weighted by Gasteiger charge is -2.28. The van der Waals surface area contributed by atoms with E-state index in [4.69, 9.17) is 4.74 Å². The highest BCUT2D eigenvalue weighted by Crippen LogP contribution is 2.26. The normalized spacial score (nSPS) is 27.5. The minimum atomic E-state index is -0.248. The zero-order valence-corrected chi connectivity index (χ0v) is 14.9. The van der Waals surface area contributed by atoms with Gasteiger partial charge in [0.2, 0.25) is 0 Å². The molecule has 0 aliphatic carbocycles. The molecule has 0 aromatic carbocycles. The van der Waals surface area contributed by atoms with Crippen molar-refractivity contribution in [2.24, 2.45) is 5.92 Å². The van der Waals surface area contributed by atoms with Gasteiger partial charge in [-0.2, -0.15) is 0 Å². The number of rotatable bonds is 6. The number of carbonyl (C=O) groups is 1. The highest BCUT2D eigenvalue weighted by molar-refractivity contribution is 7.09. The molecule has 0 radical (unpaired) electrons. The van der Waals surface area contributed by atoms with Crippen LogP contribution < -0.4 is 5.32 Å². The number of hydrogen-bond acceptors (Lipinski definition) is 5. The maximum atomic E-state index is 13.0. The van der Waals surface area contributed by atoms with E-state index in [-0.39, 0.29) is 18.1 Å². The Bertz CT molecular complexity index is 528. The van der Waals surface area contributed by atoms with Gasteiger partial charge in [-0.1, -0.05) is 6.92 Å². The third-order valence-electron chi connectivity index (χ3n) is 4.97. The molecule has 6 heteroatoms. The molecule has 1 aromatic rings. The Balaban J connectivity index is 1.68. The zero-order valence-electron chi connectivity index (χ0n) is 14.1. The summed E-state index contributed by atoms with van der Waals surface area (Å²) in [6.07, 6.45) is 4.01. The maximum absolute atomic E-state index is 13.0. The van der Waals surface area contributed by atoms with Crippen molar-refractivity contribution in [1.29, 1.82) is 0 Å². The van der Waals surface area contributed by atoms with Crippen LogP contribution >= 0.6 is 11.3 Å². The van der Waals surface area contributed by atoms with Crippen molar-refractivity contribution in [1.82, 2.24) is 15.2 Å². The van der Waals surface area contributed by atoms with Crippen LogP contribution in [0.2, 0.25) is 0 Å². The first-order valence-corrected chi connectivity index (χ1v) is 9.59. The molecule has 3 rings (SSSR count). The van der Waals surface area contributed by atoms with E-state index in [2.05, 4.69) is 17.2 Å². The van der Waals surface area contributed by atoms with Crippen LogP contribution in [0.15, 0.2) is 5.51 Å². The summed E-state index contributed by atoms with van der Waals surface area (Å²) in [5, 5.41) is 3.39. The molecule has 2 fully saturated rings. The van der Waals surface area contributed by atoms with Crippen molar-refractivity contribution in [3.05, 3.63) is 16.1 Å². The van der Waals surface area contributed by atoms with Gasteiger partial charge in [0.15, 0.2) is 0 Å². The molecule has 0 spiro atoms. The number of hydrogen-bond donors (Lipinski definition) is 1. The zero-order chi connectivity index (χ0) is 16.2. The SMILES string of the molecule is CCC1CCC(C(=O)N(Cc2scnc2C)CC2CCNC2)O1. The molecule has 2 aliphatic rings. The van der Waals surface area contributed by atoms with Crippen molar-refractivity contribution < 1.29 is 9.53 Å². The molecular formula is C17H27N3O2S. The predicted octanol–water partition coefficient (Wildman–Crippen LogP) is 2.35. The number of carbonyl (C=O) groups excluding carboxylic acids is 1. The van der Waals surface area contributed by atoms with Gasteiger partial charge in [-0.25, -0.2) is 4.98 Å². The van der Waals surface area contributed by atoms with Crippen molar-refractivity contribution in [2.75, 3.05) is 19.6 Å². The summed E-state index contributed by atoms with van der Waals surface area (Å²) in [5.41, 5.74) is 2.90. The van der Waals surface area contributed by atoms with Crippen LogP contribution in [-0.2, 0) is 16.1 Å². The molecule has 3 atom stereocenters. The van der Waals surface area contributed by atoms with Gasteiger partial charge in [0, 0.05) is 11.4 Å². The third kappa shape index (κ3) is 4.11. The number of amides is 1. The molecule has 3 unspecified atom stereocenters. The quantitative estimate of drug-likeness (QED) is 0.866. The molecule has 3 heterocycles. The summed E-state index contributed by atoms with van der Waals surface area (Å²) in [5.74, 6) is 0.719. The van der Waals surface area contributed by atoms with Crippen molar-refractivity contribution in [3.8, 4) is 0 Å². The summed E-state index contributed by atoms with van der Waals surface area (Å²) < 4.78 is 5.95. The Kier molecular flexibility index (Phi) is 5.67. The molecule has 2 aliphatic heterocycles. The summed E-state index contributed by atoms with van der Waals surface area (Å²) >= 11 is 1.64. The Hall–Kier alpha value is -0.980. The Morgan fingerprint density at radius 3 is 2.96 bits per heavy atom. The van der Waals surface area contributed by atoms with Gasteiger partial charge < -0.3 is 15.0 Å². The largest absolute Gasteiger partial charge is 0.365 e. The lowest BCUT2D eigenvalue weighted by Crippen LogP contribution is -2.41. The van der Waals surface area contributed by atoms with Gasteiger partial charge in [-0.3, -0.25) is 4.79 Å². The number of aromatic nitrogens is 1. The van der Waals surface area contributed by atoms with Crippen LogP contribution in [0.4, 0.5) is 0 Å². The first-order chi connectivity index (χ1) is 11.2. The van der Waals surface area contributed by atoms with Crippen molar-refractivity contribution in [3.63, 3.8) is 0 Å². The molecule has 2 saturated heterocycles. The van der Waals surface area contributed by atoms with Gasteiger partial charge in [0.25, 0.3) is 5.91 Å². The topological polar surface area (TPSA) is 54.5 Å². The second kappa shape index (κ2) is 7.73. The van der Waals surface area contributed by atoms with Crippen LogP contribution in [-0.4, -0.2) is 47.6 Å². The summed E-state index contributed by atoms with van der Waals surface area (Å²) in [7, 11) is 0. The van der Waals surface area contributed by atoms with E-state index in [9.17, 15) is 4.79 Å². The number of ether oxygens (including phenoxy) is 1. The van der Waals surface area contributed by atoms with Gasteiger partial charge in [-0.15, -0.1) is 11.3 Å². The minimum Gasteiger partial charge on any atom is -0.365 e. The van der Waals surface area contributed by atoms with Crippen LogP contribution in [0.25, 0.3) is 0 Å². The molecule has 0 saturated carbocycles. The number of nitrogens with zero attached hydrogens (tertiary/aromatic N) is 2. The summed E-state index contributed by atoms with van der Waals surface area (Å²) in [6.45, 7) is 7.70. The lowest BCUT2D eigenvalue weighted by atomic mass is 10.1. The minimum absolute atomic E-state index is 0.167. The Morgan fingerprint density at radius 2 is 2.35 bits per heavy atom. The molecule has 5 nitrogen and oxygen atoms in total. The van der Waals surface area contributed by atoms with Gasteiger partial charge in [-0.05, 0) is 51.6 Å². The van der Waals surface area contributed by atoms with Crippen LogP contribution in [0, 0.1) is 12.8 Å². The number of thiazole rings is 1. The fourth-order valence-corrected chi connectivity index (χ4v) is 4.25. The van der Waals surface area contributed by atoms with E-state index in [0.717, 1.165) is 51.0 Å². The standard InChI is InChI=1S/C17H27N3O2S/c1-3-14-4-5-15(22-14)17(21)20(9-13-6-7-18-8-13)10-16-12(2)19-11-23-16/h11,13-15,18H,3-10H2,1-2H3. The molecule has 1 amide bonds. The Labute approximate surface area is 142 Å². The first-order valence-electron chi connectivity index (χ1n) is 8.71. The predicted molar refractivity (Wildman–Crippen MR) is 91.4 cm³/mol. The highest BCUT2D eigenvalue weighted by Gasteiger charge is 2.34. The summed E-state index contributed by atoms with van der Waals surface area (Å²) in [4.78, 5) is 20.5. The van der Waals surface area contributed by atoms with E-state index in [1.807, 2.05) is 17.3 Å². The fourth-order valence-electron chi connectivity index (χ4n) is 3.46. The molecule has 0 bridgehead atoms. The molecule has 1 aromatic heterocycles. The van der Waals surface area contributed by atoms with Crippen LogP contribution in [0.3, 0.4) is 0 Å². The summed E-state index contributed by atoms with van der Waals surface area (Å²) in [6, 6.07) is 0. The highest BCUT2D eigenvalue weighted by atomic mass is 32.1. The lowest BCUT2D eigenvalue weighted by molar-refractivity contribution is -0.144. The monoisotopic (exact) mass is 337 g/mol. The third-order valence-corrected chi connectivity index (χ3v) is 5.89. The fraction of sp³-hybridized carbons (Fsp3) is 0.765. The van der Waals surface area contributed by atoms with E-state index in [1.54, 1.807) is 11.3 Å². The van der Waals surface area contributed by atoms with E-state index in [0.29, 0.717) is 12.5 Å². The number of aryl methyl sites for hydroxylation is 1. The smallest absolute Gasteiger partial charge is 0.252 e. The second-order valence-electron chi connectivity index (χ2n) is 6.67. The van der Waals surface area contributed by atoms with Gasteiger partial charge in [0.1, 0.15) is 6.10 Å². The average molecular weight is 337 g/mol. The number of nitrogens with one attached hydrogen (secondary N) is 1.